The maximum absolute atomic E-state index is 11.0. The molecule has 1 fully saturated rings. The van der Waals surface area contributed by atoms with Crippen molar-refractivity contribution in [2.24, 2.45) is 5.92 Å². The van der Waals surface area contributed by atoms with E-state index in [1.165, 1.54) is 0 Å². The molecule has 7 nitrogen and oxygen atoms in total. The van der Waals surface area contributed by atoms with Gasteiger partial charge in [0.25, 0.3) is 0 Å². The number of hydrogen-bond donors (Lipinski definition) is 2. The number of rotatable bonds is 2. The van der Waals surface area contributed by atoms with Crippen LogP contribution < -0.4 is 10.6 Å². The molecular formula is C13H17N5O2. The summed E-state index contributed by atoms with van der Waals surface area (Å²) in [5.74, 6) is -0.659. The first kappa shape index (κ1) is 12.7. The maximum atomic E-state index is 11.0. The van der Waals surface area contributed by atoms with Gasteiger partial charge in [0.1, 0.15) is 0 Å². The molecule has 0 saturated carbocycles. The zero-order valence-corrected chi connectivity index (χ0v) is 11.3. The molecule has 0 aromatic carbocycles. The molecule has 1 aliphatic heterocycles. The van der Waals surface area contributed by atoms with E-state index in [0.29, 0.717) is 12.8 Å². The summed E-state index contributed by atoms with van der Waals surface area (Å²) >= 11 is 0. The van der Waals surface area contributed by atoms with Gasteiger partial charge in [0, 0.05) is 13.1 Å². The average molecular weight is 275 g/mol. The smallest absolute Gasteiger partial charge is 0.306 e. The highest BCUT2D eigenvalue weighted by molar-refractivity contribution is 5.70. The number of carboxylic acid groups (broad SMARTS) is 1. The number of pyridine rings is 1. The van der Waals surface area contributed by atoms with Crippen molar-refractivity contribution in [3.8, 4) is 0 Å². The minimum Gasteiger partial charge on any atom is -0.481 e. The number of nitrogens with two attached hydrogens (primary N) is 1. The fourth-order valence-electron chi connectivity index (χ4n) is 2.71. The second kappa shape index (κ2) is 4.66. The van der Waals surface area contributed by atoms with E-state index in [4.69, 9.17) is 10.8 Å². The molecule has 0 bridgehead atoms. The Hall–Kier alpha value is -2.31. The number of piperidine rings is 1. The van der Waals surface area contributed by atoms with Crippen LogP contribution in [0.3, 0.4) is 0 Å². The molecular weight excluding hydrogens is 258 g/mol. The minimum absolute atomic E-state index is 0.224. The Bertz CT molecular complexity index is 658. The fraction of sp³-hybridized carbons (Fsp3) is 0.462. The average Bonchev–Trinajstić information content (AvgIpc) is 2.80. The van der Waals surface area contributed by atoms with Crippen LogP contribution in [0.2, 0.25) is 0 Å². The summed E-state index contributed by atoms with van der Waals surface area (Å²) in [4.78, 5) is 17.3. The van der Waals surface area contributed by atoms with Crippen LogP contribution in [0.4, 0.5) is 11.6 Å². The van der Waals surface area contributed by atoms with Crippen LogP contribution in [-0.2, 0) is 4.79 Å². The van der Waals surface area contributed by atoms with E-state index < -0.39 is 5.97 Å². The van der Waals surface area contributed by atoms with Crippen molar-refractivity contribution in [3.63, 3.8) is 0 Å². The van der Waals surface area contributed by atoms with Crippen LogP contribution in [0.15, 0.2) is 12.3 Å². The van der Waals surface area contributed by atoms with E-state index >= 15 is 0 Å². The lowest BCUT2D eigenvalue weighted by Crippen LogP contribution is -2.36. The lowest BCUT2D eigenvalue weighted by atomic mass is 9.97. The highest BCUT2D eigenvalue weighted by Crippen LogP contribution is 2.25. The molecule has 0 unspecified atom stereocenters. The Balaban J connectivity index is 1.86. The number of aromatic nitrogens is 3. The van der Waals surface area contributed by atoms with Gasteiger partial charge in [-0.1, -0.05) is 0 Å². The van der Waals surface area contributed by atoms with E-state index in [9.17, 15) is 4.79 Å². The Morgan fingerprint density at radius 2 is 2.15 bits per heavy atom. The summed E-state index contributed by atoms with van der Waals surface area (Å²) in [6, 6.07) is 2.05. The quantitative estimate of drug-likeness (QED) is 0.846. The number of carbonyl (C=O) groups is 1. The van der Waals surface area contributed by atoms with Gasteiger partial charge in [-0.2, -0.15) is 4.98 Å². The van der Waals surface area contributed by atoms with E-state index in [2.05, 4.69) is 15.0 Å². The molecule has 0 atom stereocenters. The van der Waals surface area contributed by atoms with Gasteiger partial charge in [0.15, 0.2) is 5.65 Å². The van der Waals surface area contributed by atoms with Crippen molar-refractivity contribution >= 4 is 23.3 Å². The summed E-state index contributed by atoms with van der Waals surface area (Å²) in [6.07, 6.45) is 3.24. The van der Waals surface area contributed by atoms with Crippen molar-refractivity contribution < 1.29 is 9.90 Å². The highest BCUT2D eigenvalue weighted by Gasteiger charge is 2.25. The van der Waals surface area contributed by atoms with Crippen LogP contribution in [0.25, 0.3) is 5.65 Å². The first-order valence-electron chi connectivity index (χ1n) is 6.65. The summed E-state index contributed by atoms with van der Waals surface area (Å²) in [5.41, 5.74) is 8.41. The molecule has 2 aromatic heterocycles. The molecule has 106 valence electrons. The minimum atomic E-state index is -0.694. The van der Waals surface area contributed by atoms with Crippen LogP contribution in [0, 0.1) is 12.8 Å². The molecule has 0 amide bonds. The zero-order chi connectivity index (χ0) is 14.3. The Kier molecular flexibility index (Phi) is 2.96. The van der Waals surface area contributed by atoms with Crippen LogP contribution >= 0.6 is 0 Å². The molecule has 3 rings (SSSR count). The summed E-state index contributed by atoms with van der Waals surface area (Å²) in [6.45, 7) is 3.45. The largest absolute Gasteiger partial charge is 0.481 e. The van der Waals surface area contributed by atoms with Crippen LogP contribution in [0.5, 0.6) is 0 Å². The van der Waals surface area contributed by atoms with Gasteiger partial charge < -0.3 is 15.7 Å². The molecule has 20 heavy (non-hydrogen) atoms. The SMILES string of the molecule is Cc1cc(N2CCC(C(=O)O)CC2)cn2nc(N)nc12. The topological polar surface area (TPSA) is 96.8 Å². The van der Waals surface area contributed by atoms with Gasteiger partial charge in [-0.05, 0) is 31.4 Å². The third-order valence-corrected chi connectivity index (χ3v) is 3.83. The number of hydrogen-bond acceptors (Lipinski definition) is 5. The van der Waals surface area contributed by atoms with Gasteiger partial charge >= 0.3 is 5.97 Å². The lowest BCUT2D eigenvalue weighted by Gasteiger charge is -2.32. The predicted octanol–water partition coefficient (Wildman–Crippen LogP) is 0.921. The normalized spacial score (nSPS) is 16.8. The maximum Gasteiger partial charge on any atom is 0.306 e. The molecule has 0 spiro atoms. The standard InChI is InChI=1S/C13H17N5O2/c1-8-6-10(7-18-11(8)15-13(14)16-18)17-4-2-9(3-5-17)12(19)20/h6-7,9H,2-5H2,1H3,(H2,14,16)(H,19,20). The second-order valence-corrected chi connectivity index (χ2v) is 5.22. The number of nitrogen functional groups attached to an aromatic ring is 1. The van der Waals surface area contributed by atoms with Crippen molar-refractivity contribution in [2.45, 2.75) is 19.8 Å². The first-order chi connectivity index (χ1) is 9.54. The molecule has 7 heteroatoms. The monoisotopic (exact) mass is 275 g/mol. The van der Waals surface area contributed by atoms with Gasteiger partial charge in [-0.15, -0.1) is 5.10 Å². The summed E-state index contributed by atoms with van der Waals surface area (Å²) in [5, 5.41) is 13.2. The van der Waals surface area contributed by atoms with Gasteiger partial charge in [0.2, 0.25) is 5.95 Å². The third-order valence-electron chi connectivity index (χ3n) is 3.83. The zero-order valence-electron chi connectivity index (χ0n) is 11.3. The molecule has 2 aromatic rings. The van der Waals surface area contributed by atoms with E-state index in [-0.39, 0.29) is 11.9 Å². The van der Waals surface area contributed by atoms with Crippen molar-refractivity contribution in [1.29, 1.82) is 0 Å². The third kappa shape index (κ3) is 2.15. The number of nitrogens with zero attached hydrogens (tertiary/aromatic N) is 4. The van der Waals surface area contributed by atoms with Gasteiger partial charge in [-0.25, -0.2) is 4.52 Å². The summed E-state index contributed by atoms with van der Waals surface area (Å²) in [7, 11) is 0. The number of anilines is 2. The van der Waals surface area contributed by atoms with Gasteiger partial charge in [0.05, 0.1) is 17.8 Å². The number of fused-ring (bicyclic) bond motifs is 1. The van der Waals surface area contributed by atoms with Gasteiger partial charge in [-0.3, -0.25) is 4.79 Å². The number of aliphatic carboxylic acids is 1. The summed E-state index contributed by atoms with van der Waals surface area (Å²) < 4.78 is 1.68. The Labute approximate surface area is 116 Å². The molecule has 3 heterocycles. The second-order valence-electron chi connectivity index (χ2n) is 5.22. The van der Waals surface area contributed by atoms with Crippen molar-refractivity contribution in [1.82, 2.24) is 14.6 Å². The molecule has 0 radical (unpaired) electrons. The van der Waals surface area contributed by atoms with E-state index in [1.807, 2.05) is 19.2 Å². The number of carboxylic acids is 1. The van der Waals surface area contributed by atoms with Crippen LogP contribution in [-0.4, -0.2) is 38.8 Å². The lowest BCUT2D eigenvalue weighted by molar-refractivity contribution is -0.142. The molecule has 3 N–H and O–H groups in total. The first-order valence-corrected chi connectivity index (χ1v) is 6.65. The van der Waals surface area contributed by atoms with Crippen molar-refractivity contribution in [3.05, 3.63) is 17.8 Å². The molecule has 1 saturated heterocycles. The van der Waals surface area contributed by atoms with Crippen LogP contribution in [0.1, 0.15) is 18.4 Å². The highest BCUT2D eigenvalue weighted by atomic mass is 16.4. The Morgan fingerprint density at radius 1 is 1.45 bits per heavy atom. The predicted molar refractivity (Wildman–Crippen MR) is 74.7 cm³/mol. The molecule has 0 aliphatic carbocycles. The molecule has 1 aliphatic rings. The Morgan fingerprint density at radius 3 is 2.80 bits per heavy atom. The number of aryl methyl sites for hydroxylation is 1. The van der Waals surface area contributed by atoms with E-state index in [0.717, 1.165) is 30.0 Å². The fourth-order valence-corrected chi connectivity index (χ4v) is 2.71. The van der Waals surface area contributed by atoms with Crippen molar-refractivity contribution in [2.75, 3.05) is 23.7 Å². The van der Waals surface area contributed by atoms with E-state index in [1.54, 1.807) is 4.52 Å².